The minimum absolute atomic E-state index is 0.119. The van der Waals surface area contributed by atoms with E-state index in [2.05, 4.69) is 0 Å². The monoisotopic (exact) mass is 459 g/mol. The number of esters is 1. The van der Waals surface area contributed by atoms with Crippen LogP contribution in [-0.2, 0) is 14.3 Å². The van der Waals surface area contributed by atoms with E-state index in [9.17, 15) is 19.5 Å². The summed E-state index contributed by atoms with van der Waals surface area (Å²) in [6.45, 7) is 0.679. The van der Waals surface area contributed by atoms with E-state index in [0.717, 1.165) is 17.8 Å². The highest BCUT2D eigenvalue weighted by molar-refractivity contribution is 8.14. The standard InChI is InChI=1S/C23H22ClNO5S/c1-30-22(28)21(17-9-5-6-10-18(17)24)25-12-11-19(16(14-25)13-20(26)27)31-23(29)15-7-3-2-4-8-15/h2-10,13,19,21H,11-12,14H2,1H3,(H,26,27)/b16-13+. The summed E-state index contributed by atoms with van der Waals surface area (Å²) in [5.41, 5.74) is 1.72. The molecule has 6 nitrogen and oxygen atoms in total. The zero-order valence-electron chi connectivity index (χ0n) is 16.9. The molecule has 8 heteroatoms. The largest absolute Gasteiger partial charge is 0.478 e. The second-order valence-corrected chi connectivity index (χ2v) is 8.61. The summed E-state index contributed by atoms with van der Waals surface area (Å²) in [7, 11) is 1.31. The molecule has 162 valence electrons. The molecule has 0 aromatic heterocycles. The van der Waals surface area contributed by atoms with Crippen molar-refractivity contribution in [2.45, 2.75) is 17.7 Å². The number of thioether (sulfide) groups is 1. The number of hydrogen-bond donors (Lipinski definition) is 1. The topological polar surface area (TPSA) is 83.9 Å². The number of likely N-dealkylation sites (tertiary alicyclic amines) is 1. The van der Waals surface area contributed by atoms with Crippen LogP contribution >= 0.6 is 23.4 Å². The molecule has 0 radical (unpaired) electrons. The summed E-state index contributed by atoms with van der Waals surface area (Å²) in [4.78, 5) is 38.6. The summed E-state index contributed by atoms with van der Waals surface area (Å²) < 4.78 is 5.01. The van der Waals surface area contributed by atoms with Gasteiger partial charge in [0.2, 0.25) is 5.12 Å². The van der Waals surface area contributed by atoms with Gasteiger partial charge in [0.1, 0.15) is 6.04 Å². The molecular formula is C23H22ClNO5S. The zero-order valence-corrected chi connectivity index (χ0v) is 18.4. The third-order valence-electron chi connectivity index (χ3n) is 5.03. The lowest BCUT2D eigenvalue weighted by molar-refractivity contribution is -0.147. The van der Waals surface area contributed by atoms with Crippen LogP contribution < -0.4 is 0 Å². The minimum atomic E-state index is -1.10. The van der Waals surface area contributed by atoms with Crippen LogP contribution in [0.25, 0.3) is 0 Å². The van der Waals surface area contributed by atoms with Crippen molar-refractivity contribution in [2.75, 3.05) is 20.2 Å². The molecule has 0 saturated carbocycles. The number of benzene rings is 2. The van der Waals surface area contributed by atoms with Crippen molar-refractivity contribution in [2.24, 2.45) is 0 Å². The Morgan fingerprint density at radius 1 is 1.16 bits per heavy atom. The maximum absolute atomic E-state index is 12.7. The van der Waals surface area contributed by atoms with Crippen LogP contribution in [0.1, 0.15) is 28.4 Å². The molecule has 1 saturated heterocycles. The first-order valence-corrected chi connectivity index (χ1v) is 10.9. The molecule has 2 atom stereocenters. The maximum atomic E-state index is 12.7. The van der Waals surface area contributed by atoms with E-state index < -0.39 is 18.0 Å². The first-order chi connectivity index (χ1) is 14.9. The van der Waals surface area contributed by atoms with Crippen LogP contribution in [0, 0.1) is 0 Å². The van der Waals surface area contributed by atoms with Crippen molar-refractivity contribution in [1.29, 1.82) is 0 Å². The van der Waals surface area contributed by atoms with Crippen molar-refractivity contribution < 1.29 is 24.2 Å². The molecule has 0 bridgehead atoms. The predicted molar refractivity (Wildman–Crippen MR) is 120 cm³/mol. The Morgan fingerprint density at radius 2 is 1.84 bits per heavy atom. The first kappa shape index (κ1) is 23.1. The third kappa shape index (κ3) is 5.76. The molecule has 31 heavy (non-hydrogen) atoms. The highest BCUT2D eigenvalue weighted by atomic mass is 35.5. The molecule has 2 unspecified atom stereocenters. The van der Waals surface area contributed by atoms with Gasteiger partial charge in [0.25, 0.3) is 0 Å². The molecule has 0 spiro atoms. The highest BCUT2D eigenvalue weighted by Gasteiger charge is 2.36. The van der Waals surface area contributed by atoms with Gasteiger partial charge in [0.15, 0.2) is 0 Å². The van der Waals surface area contributed by atoms with Gasteiger partial charge < -0.3 is 9.84 Å². The Labute approximate surface area is 189 Å². The Hall–Kier alpha value is -2.61. The lowest BCUT2D eigenvalue weighted by atomic mass is 9.98. The Bertz CT molecular complexity index is 994. The molecular weight excluding hydrogens is 438 g/mol. The number of methoxy groups -OCH3 is 1. The van der Waals surface area contributed by atoms with Crippen LogP contribution in [0.2, 0.25) is 5.02 Å². The van der Waals surface area contributed by atoms with Gasteiger partial charge in [-0.15, -0.1) is 0 Å². The van der Waals surface area contributed by atoms with Crippen LogP contribution in [0.5, 0.6) is 0 Å². The van der Waals surface area contributed by atoms with Gasteiger partial charge >= 0.3 is 11.9 Å². The number of aliphatic carboxylic acids is 1. The van der Waals surface area contributed by atoms with Crippen molar-refractivity contribution in [1.82, 2.24) is 4.90 Å². The van der Waals surface area contributed by atoms with E-state index in [1.54, 1.807) is 48.5 Å². The van der Waals surface area contributed by atoms with Gasteiger partial charge in [-0.2, -0.15) is 0 Å². The van der Waals surface area contributed by atoms with E-state index in [0.29, 0.717) is 34.7 Å². The molecule has 0 aliphatic carbocycles. The minimum Gasteiger partial charge on any atom is -0.478 e. The van der Waals surface area contributed by atoms with E-state index >= 15 is 0 Å². The van der Waals surface area contributed by atoms with Crippen molar-refractivity contribution in [3.05, 3.63) is 82.4 Å². The number of halogens is 1. The summed E-state index contributed by atoms with van der Waals surface area (Å²) in [6.07, 6.45) is 1.63. The molecule has 1 heterocycles. The number of carboxylic acid groups (broad SMARTS) is 1. The smallest absolute Gasteiger partial charge is 0.328 e. The number of carboxylic acids is 1. The van der Waals surface area contributed by atoms with Crippen molar-refractivity contribution in [3.63, 3.8) is 0 Å². The van der Waals surface area contributed by atoms with E-state index in [-0.39, 0.29) is 16.9 Å². The Balaban J connectivity index is 1.86. The van der Waals surface area contributed by atoms with Crippen molar-refractivity contribution >= 4 is 40.4 Å². The van der Waals surface area contributed by atoms with Gasteiger partial charge in [-0.05, 0) is 23.6 Å². The lowest BCUT2D eigenvalue weighted by Gasteiger charge is -2.37. The number of hydrogen-bond acceptors (Lipinski definition) is 6. The average Bonchev–Trinajstić information content (AvgIpc) is 2.77. The predicted octanol–water partition coefficient (Wildman–Crippen LogP) is 4.21. The Morgan fingerprint density at radius 3 is 2.48 bits per heavy atom. The molecule has 1 N–H and O–H groups in total. The van der Waals surface area contributed by atoms with E-state index in [1.165, 1.54) is 7.11 Å². The summed E-state index contributed by atoms with van der Waals surface area (Å²) >= 11 is 7.44. The molecule has 2 aromatic carbocycles. The number of carbonyl (C=O) groups excluding carboxylic acids is 2. The summed E-state index contributed by atoms with van der Waals surface area (Å²) in [5, 5.41) is 9.38. The molecule has 0 amide bonds. The highest BCUT2D eigenvalue weighted by Crippen LogP contribution is 2.36. The maximum Gasteiger partial charge on any atom is 0.328 e. The number of rotatable bonds is 6. The second-order valence-electron chi connectivity index (χ2n) is 7.02. The number of nitrogens with zero attached hydrogens (tertiary/aromatic N) is 1. The zero-order chi connectivity index (χ0) is 22.4. The molecule has 3 rings (SSSR count). The van der Waals surface area contributed by atoms with E-state index in [1.807, 2.05) is 11.0 Å². The molecule has 1 aliphatic heterocycles. The van der Waals surface area contributed by atoms with Gasteiger partial charge in [-0.3, -0.25) is 9.69 Å². The first-order valence-electron chi connectivity index (χ1n) is 9.66. The second kappa shape index (κ2) is 10.6. The fourth-order valence-electron chi connectivity index (χ4n) is 3.59. The summed E-state index contributed by atoms with van der Waals surface area (Å²) in [5.74, 6) is -1.57. The lowest BCUT2D eigenvalue weighted by Crippen LogP contribution is -2.43. The molecule has 1 aliphatic rings. The SMILES string of the molecule is COC(=O)C(c1ccccc1Cl)N1CCC(SC(=O)c2ccccc2)/C(=C/C(=O)O)C1. The van der Waals surface area contributed by atoms with Crippen LogP contribution in [0.15, 0.2) is 66.2 Å². The van der Waals surface area contributed by atoms with Gasteiger partial charge in [-0.1, -0.05) is 71.9 Å². The quantitative estimate of drug-likeness (QED) is 0.511. The number of ether oxygens (including phenoxy) is 1. The molecule has 1 fully saturated rings. The number of carbonyl (C=O) groups is 3. The Kier molecular flexibility index (Phi) is 7.90. The fraction of sp³-hybridized carbons (Fsp3) is 0.261. The van der Waals surface area contributed by atoms with Crippen molar-refractivity contribution in [3.8, 4) is 0 Å². The third-order valence-corrected chi connectivity index (χ3v) is 6.65. The molecule has 2 aromatic rings. The fourth-order valence-corrected chi connectivity index (χ4v) is 4.88. The van der Waals surface area contributed by atoms with Crippen LogP contribution in [0.3, 0.4) is 0 Å². The van der Waals surface area contributed by atoms with Gasteiger partial charge in [0.05, 0.1) is 7.11 Å². The summed E-state index contributed by atoms with van der Waals surface area (Å²) in [6, 6.07) is 15.1. The van der Waals surface area contributed by atoms with Crippen LogP contribution in [-0.4, -0.2) is 52.5 Å². The van der Waals surface area contributed by atoms with Gasteiger partial charge in [0, 0.05) is 35.0 Å². The number of piperidine rings is 1. The van der Waals surface area contributed by atoms with Gasteiger partial charge in [-0.25, -0.2) is 9.59 Å². The van der Waals surface area contributed by atoms with Crippen LogP contribution in [0.4, 0.5) is 0 Å². The van der Waals surface area contributed by atoms with E-state index in [4.69, 9.17) is 16.3 Å². The normalized spacial score (nSPS) is 19.0. The average molecular weight is 460 g/mol.